The van der Waals surface area contributed by atoms with E-state index in [9.17, 15) is 4.79 Å². The number of aryl methyl sites for hydroxylation is 3. The minimum absolute atomic E-state index is 0.0740. The normalized spacial score (nSPS) is 10.6. The summed E-state index contributed by atoms with van der Waals surface area (Å²) in [6.45, 7) is 10.0. The van der Waals surface area contributed by atoms with Gasteiger partial charge in [-0.3, -0.25) is 4.79 Å². The number of carbonyl (C=O) groups is 1. The van der Waals surface area contributed by atoms with Gasteiger partial charge in [-0.25, -0.2) is 0 Å². The molecule has 2 N–H and O–H groups in total. The van der Waals surface area contributed by atoms with Crippen LogP contribution in [0.2, 0.25) is 0 Å². The maximum Gasteiger partial charge on any atom is 0.271 e. The summed E-state index contributed by atoms with van der Waals surface area (Å²) in [6, 6.07) is 7.75. The van der Waals surface area contributed by atoms with Gasteiger partial charge in [0, 0.05) is 11.7 Å². The minimum Gasteiger partial charge on any atom is -0.348 e. The van der Waals surface area contributed by atoms with E-state index in [0.29, 0.717) is 11.5 Å². The van der Waals surface area contributed by atoms with Crippen molar-refractivity contribution < 1.29 is 4.79 Å². The summed E-state index contributed by atoms with van der Waals surface area (Å²) < 4.78 is 0. The number of anilines is 2. The molecule has 0 saturated carbocycles. The molecule has 1 aromatic carbocycles. The first-order valence-corrected chi connectivity index (χ1v) is 7.36. The Kier molecular flexibility index (Phi) is 4.75. The van der Waals surface area contributed by atoms with Crippen LogP contribution in [0.15, 0.2) is 24.3 Å². The van der Waals surface area contributed by atoms with Gasteiger partial charge in [0.15, 0.2) is 11.5 Å². The minimum atomic E-state index is -0.211. The fourth-order valence-corrected chi connectivity index (χ4v) is 2.36. The lowest BCUT2D eigenvalue weighted by molar-refractivity contribution is 0.0937. The summed E-state index contributed by atoms with van der Waals surface area (Å²) in [5.41, 5.74) is 4.88. The van der Waals surface area contributed by atoms with Crippen LogP contribution in [0, 0.1) is 20.8 Å². The summed E-state index contributed by atoms with van der Waals surface area (Å²) in [7, 11) is 0. The Bertz CT molecular complexity index is 655. The van der Waals surface area contributed by atoms with Crippen LogP contribution < -0.4 is 10.6 Å². The molecule has 0 spiro atoms. The predicted molar refractivity (Wildman–Crippen MR) is 88.6 cm³/mol. The van der Waals surface area contributed by atoms with Gasteiger partial charge in [0.05, 0.1) is 0 Å². The Hall–Kier alpha value is -2.43. The van der Waals surface area contributed by atoms with Crippen molar-refractivity contribution in [2.45, 2.75) is 40.7 Å². The summed E-state index contributed by atoms with van der Waals surface area (Å²) in [4.78, 5) is 11.8. The monoisotopic (exact) mass is 298 g/mol. The van der Waals surface area contributed by atoms with Crippen LogP contribution in [0.25, 0.3) is 0 Å². The Labute approximate surface area is 131 Å². The quantitative estimate of drug-likeness (QED) is 0.909. The number of benzene rings is 1. The lowest BCUT2D eigenvalue weighted by Crippen LogP contribution is -2.30. The molecule has 0 radical (unpaired) electrons. The van der Waals surface area contributed by atoms with E-state index >= 15 is 0 Å². The van der Waals surface area contributed by atoms with Gasteiger partial charge in [-0.05, 0) is 57.9 Å². The lowest BCUT2D eigenvalue weighted by Gasteiger charge is -2.13. The van der Waals surface area contributed by atoms with E-state index in [4.69, 9.17) is 0 Å². The number of nitrogens with zero attached hydrogens (tertiary/aromatic N) is 2. The van der Waals surface area contributed by atoms with Crippen molar-refractivity contribution in [3.8, 4) is 0 Å². The highest BCUT2D eigenvalue weighted by molar-refractivity contribution is 5.92. The fourth-order valence-electron chi connectivity index (χ4n) is 2.36. The molecular weight excluding hydrogens is 276 g/mol. The Balaban J connectivity index is 2.17. The third-order valence-corrected chi connectivity index (χ3v) is 3.25. The van der Waals surface area contributed by atoms with Crippen LogP contribution in [0.4, 0.5) is 11.5 Å². The third kappa shape index (κ3) is 3.81. The van der Waals surface area contributed by atoms with Gasteiger partial charge in [-0.15, -0.1) is 10.2 Å². The Morgan fingerprint density at radius 1 is 1.05 bits per heavy atom. The number of carbonyl (C=O) groups excluding carboxylic acids is 1. The second-order valence-electron chi connectivity index (χ2n) is 5.83. The standard InChI is InChI=1S/C17H22N4O/c1-10(2)18-17(22)14-6-7-15(21-20-14)19-16-12(4)8-11(3)9-13(16)5/h6-10H,1-5H3,(H,18,22)(H,19,21). The summed E-state index contributed by atoms with van der Waals surface area (Å²) in [5, 5.41) is 14.1. The Morgan fingerprint density at radius 3 is 2.18 bits per heavy atom. The van der Waals surface area contributed by atoms with Gasteiger partial charge >= 0.3 is 0 Å². The molecule has 1 amide bonds. The highest BCUT2D eigenvalue weighted by Gasteiger charge is 2.10. The average Bonchev–Trinajstić information content (AvgIpc) is 2.42. The van der Waals surface area contributed by atoms with Gasteiger partial charge in [0.25, 0.3) is 5.91 Å². The van der Waals surface area contributed by atoms with Crippen LogP contribution in [0.1, 0.15) is 41.0 Å². The van der Waals surface area contributed by atoms with E-state index in [1.54, 1.807) is 12.1 Å². The Morgan fingerprint density at radius 2 is 1.68 bits per heavy atom. The highest BCUT2D eigenvalue weighted by atomic mass is 16.1. The first kappa shape index (κ1) is 15.9. The molecule has 0 unspecified atom stereocenters. The smallest absolute Gasteiger partial charge is 0.271 e. The molecule has 2 rings (SSSR count). The van der Waals surface area contributed by atoms with E-state index in [1.165, 1.54) is 5.56 Å². The fraction of sp³-hybridized carbons (Fsp3) is 0.353. The molecule has 0 saturated heterocycles. The zero-order valence-corrected chi connectivity index (χ0v) is 13.7. The summed E-state index contributed by atoms with van der Waals surface area (Å²) in [5.74, 6) is 0.410. The van der Waals surface area contributed by atoms with Crippen LogP contribution in [0.5, 0.6) is 0 Å². The van der Waals surface area contributed by atoms with E-state index in [0.717, 1.165) is 16.8 Å². The second kappa shape index (κ2) is 6.56. The van der Waals surface area contributed by atoms with Gasteiger partial charge in [0.2, 0.25) is 0 Å². The molecule has 0 atom stereocenters. The zero-order chi connectivity index (χ0) is 16.3. The first-order valence-electron chi connectivity index (χ1n) is 7.36. The summed E-state index contributed by atoms with van der Waals surface area (Å²) >= 11 is 0. The molecule has 5 nitrogen and oxygen atoms in total. The molecule has 5 heteroatoms. The highest BCUT2D eigenvalue weighted by Crippen LogP contribution is 2.24. The van der Waals surface area contributed by atoms with Crippen molar-refractivity contribution in [1.29, 1.82) is 0 Å². The number of hydrogen-bond acceptors (Lipinski definition) is 4. The third-order valence-electron chi connectivity index (χ3n) is 3.25. The zero-order valence-electron chi connectivity index (χ0n) is 13.7. The first-order chi connectivity index (χ1) is 10.4. The molecule has 1 aromatic heterocycles. The number of rotatable bonds is 4. The van der Waals surface area contributed by atoms with Crippen molar-refractivity contribution in [2.75, 3.05) is 5.32 Å². The van der Waals surface area contributed by atoms with Crippen molar-refractivity contribution >= 4 is 17.4 Å². The van der Waals surface area contributed by atoms with Crippen molar-refractivity contribution in [3.63, 3.8) is 0 Å². The SMILES string of the molecule is Cc1cc(C)c(Nc2ccc(C(=O)NC(C)C)nn2)c(C)c1. The van der Waals surface area contributed by atoms with Crippen LogP contribution in [-0.4, -0.2) is 22.1 Å². The van der Waals surface area contributed by atoms with E-state index in [1.807, 2.05) is 13.8 Å². The number of aromatic nitrogens is 2. The summed E-state index contributed by atoms with van der Waals surface area (Å²) in [6.07, 6.45) is 0. The maximum atomic E-state index is 11.8. The van der Waals surface area contributed by atoms with Crippen molar-refractivity contribution in [3.05, 3.63) is 46.6 Å². The second-order valence-corrected chi connectivity index (χ2v) is 5.83. The predicted octanol–water partition coefficient (Wildman–Crippen LogP) is 3.28. The maximum absolute atomic E-state index is 11.8. The molecule has 22 heavy (non-hydrogen) atoms. The van der Waals surface area contributed by atoms with Gasteiger partial charge in [-0.1, -0.05) is 17.7 Å². The van der Waals surface area contributed by atoms with Crippen LogP contribution in [-0.2, 0) is 0 Å². The van der Waals surface area contributed by atoms with E-state index in [2.05, 4.69) is 53.7 Å². The van der Waals surface area contributed by atoms with Crippen molar-refractivity contribution in [1.82, 2.24) is 15.5 Å². The average molecular weight is 298 g/mol. The molecule has 0 aliphatic heterocycles. The molecule has 0 aliphatic rings. The van der Waals surface area contributed by atoms with Crippen LogP contribution >= 0.6 is 0 Å². The number of nitrogens with one attached hydrogen (secondary N) is 2. The van der Waals surface area contributed by atoms with Crippen LogP contribution in [0.3, 0.4) is 0 Å². The van der Waals surface area contributed by atoms with E-state index < -0.39 is 0 Å². The number of hydrogen-bond donors (Lipinski definition) is 2. The molecule has 0 fully saturated rings. The largest absolute Gasteiger partial charge is 0.348 e. The van der Waals surface area contributed by atoms with Gasteiger partial charge in [0.1, 0.15) is 0 Å². The number of amides is 1. The molecule has 0 aliphatic carbocycles. The molecule has 116 valence electrons. The molecule has 0 bridgehead atoms. The van der Waals surface area contributed by atoms with E-state index in [-0.39, 0.29) is 11.9 Å². The molecule has 1 heterocycles. The lowest BCUT2D eigenvalue weighted by atomic mass is 10.1. The van der Waals surface area contributed by atoms with Gasteiger partial charge in [-0.2, -0.15) is 0 Å². The van der Waals surface area contributed by atoms with Gasteiger partial charge < -0.3 is 10.6 Å². The topological polar surface area (TPSA) is 66.9 Å². The molecule has 2 aromatic rings. The van der Waals surface area contributed by atoms with Crippen molar-refractivity contribution in [2.24, 2.45) is 0 Å². The molecular formula is C17H22N4O.